The highest BCUT2D eigenvalue weighted by Gasteiger charge is 2.35. The fraction of sp³-hybridized carbons (Fsp3) is 0.120. The van der Waals surface area contributed by atoms with E-state index in [0.717, 1.165) is 16.6 Å². The summed E-state index contributed by atoms with van der Waals surface area (Å²) in [6, 6.07) is 20.7. The Hall–Kier alpha value is -4.13. The molecule has 1 atom stereocenters. The number of nitrogens with one attached hydrogen (secondary N) is 2. The molecule has 4 aromatic rings. The highest BCUT2D eigenvalue weighted by molar-refractivity contribution is 6.06. The van der Waals surface area contributed by atoms with Crippen LogP contribution in [-0.4, -0.2) is 22.6 Å². The number of carbonyl (C=O) groups excluding carboxylic acids is 1. The summed E-state index contributed by atoms with van der Waals surface area (Å²) in [5.41, 5.74) is 4.27. The highest BCUT2D eigenvalue weighted by atomic mass is 19.1. The molecule has 0 fully saturated rings. The molecule has 2 heterocycles. The van der Waals surface area contributed by atoms with Gasteiger partial charge in [0.25, 0.3) is 5.91 Å². The maximum absolute atomic E-state index is 13.5. The summed E-state index contributed by atoms with van der Waals surface area (Å²) in [5, 5.41) is 6.18. The number of allylic oxidation sites excluding steroid dienone is 1. The van der Waals surface area contributed by atoms with Gasteiger partial charge in [-0.2, -0.15) is 0 Å². The van der Waals surface area contributed by atoms with E-state index in [-0.39, 0.29) is 11.7 Å². The molecule has 160 valence electrons. The predicted molar refractivity (Wildman–Crippen MR) is 122 cm³/mol. The number of hydrogen-bond donors (Lipinski definition) is 2. The van der Waals surface area contributed by atoms with E-state index in [4.69, 9.17) is 9.72 Å². The number of aromatic nitrogens is 2. The zero-order valence-electron chi connectivity index (χ0n) is 17.6. The number of benzene rings is 3. The number of amides is 1. The number of imidazole rings is 1. The molecule has 1 aromatic heterocycles. The van der Waals surface area contributed by atoms with E-state index in [0.29, 0.717) is 28.7 Å². The van der Waals surface area contributed by atoms with Crippen LogP contribution in [0, 0.1) is 5.82 Å². The fourth-order valence-corrected chi connectivity index (χ4v) is 4.18. The second-order valence-electron chi connectivity index (χ2n) is 7.56. The molecule has 0 saturated heterocycles. The molecule has 0 saturated carbocycles. The third kappa shape index (κ3) is 3.28. The van der Waals surface area contributed by atoms with Crippen LogP contribution in [0.5, 0.6) is 5.75 Å². The maximum Gasteiger partial charge on any atom is 0.255 e. The minimum Gasteiger partial charge on any atom is -0.496 e. The summed E-state index contributed by atoms with van der Waals surface area (Å²) in [6.45, 7) is 1.85. The molecule has 0 spiro atoms. The molecule has 1 aliphatic rings. The fourth-order valence-electron chi connectivity index (χ4n) is 4.18. The topological polar surface area (TPSA) is 68.2 Å². The average Bonchev–Trinajstić information content (AvgIpc) is 3.17. The van der Waals surface area contributed by atoms with Crippen LogP contribution in [0.1, 0.15) is 18.5 Å². The largest absolute Gasteiger partial charge is 0.496 e. The molecular weight excluding hydrogens is 407 g/mol. The van der Waals surface area contributed by atoms with Crippen molar-refractivity contribution < 1.29 is 13.9 Å². The van der Waals surface area contributed by atoms with Crippen molar-refractivity contribution in [3.8, 4) is 5.75 Å². The summed E-state index contributed by atoms with van der Waals surface area (Å²) < 4.78 is 21.0. The molecule has 6 nitrogen and oxygen atoms in total. The van der Waals surface area contributed by atoms with Crippen LogP contribution in [0.15, 0.2) is 84.1 Å². The van der Waals surface area contributed by atoms with E-state index in [1.54, 1.807) is 7.11 Å². The number of rotatable bonds is 4. The molecule has 0 unspecified atom stereocenters. The third-order valence-electron chi connectivity index (χ3n) is 5.61. The number of carbonyl (C=O) groups is 1. The number of halogens is 1. The molecule has 0 aliphatic carbocycles. The number of para-hydroxylation sites is 3. The second kappa shape index (κ2) is 7.85. The maximum atomic E-state index is 13.5. The van der Waals surface area contributed by atoms with Gasteiger partial charge in [0.05, 0.1) is 29.8 Å². The van der Waals surface area contributed by atoms with E-state index >= 15 is 0 Å². The lowest BCUT2D eigenvalue weighted by molar-refractivity contribution is -0.113. The summed E-state index contributed by atoms with van der Waals surface area (Å²) in [4.78, 5) is 18.3. The minimum absolute atomic E-state index is 0.291. The van der Waals surface area contributed by atoms with Crippen LogP contribution >= 0.6 is 0 Å². The van der Waals surface area contributed by atoms with Crippen molar-refractivity contribution in [3.05, 3.63) is 95.4 Å². The SMILES string of the molecule is COc1ccccc1[C@@H]1C(C(=O)Nc2ccc(F)cc2)=C(C)Nc2nc3ccccc3n21. The van der Waals surface area contributed by atoms with E-state index < -0.39 is 6.04 Å². The van der Waals surface area contributed by atoms with E-state index in [2.05, 4.69) is 10.6 Å². The van der Waals surface area contributed by atoms with Crippen molar-refractivity contribution in [2.24, 2.45) is 0 Å². The first-order valence-corrected chi connectivity index (χ1v) is 10.2. The summed E-state index contributed by atoms with van der Waals surface area (Å²) in [5.74, 6) is 0.668. The van der Waals surface area contributed by atoms with Gasteiger partial charge in [0, 0.05) is 16.9 Å². The second-order valence-corrected chi connectivity index (χ2v) is 7.56. The summed E-state index contributed by atoms with van der Waals surface area (Å²) in [7, 11) is 1.61. The van der Waals surface area contributed by atoms with Crippen molar-refractivity contribution in [1.82, 2.24) is 9.55 Å². The van der Waals surface area contributed by atoms with Gasteiger partial charge < -0.3 is 15.4 Å². The van der Waals surface area contributed by atoms with Crippen LogP contribution in [0.4, 0.5) is 16.0 Å². The lowest BCUT2D eigenvalue weighted by atomic mass is 9.93. The first kappa shape index (κ1) is 19.8. The van der Waals surface area contributed by atoms with Gasteiger partial charge >= 0.3 is 0 Å². The Morgan fingerprint density at radius 3 is 2.56 bits per heavy atom. The number of anilines is 2. The van der Waals surface area contributed by atoms with Gasteiger partial charge in [0.1, 0.15) is 11.6 Å². The molecule has 0 bridgehead atoms. The molecular formula is C25H21FN4O2. The number of methoxy groups -OCH3 is 1. The molecule has 32 heavy (non-hydrogen) atoms. The molecule has 5 rings (SSSR count). The van der Waals surface area contributed by atoms with Crippen molar-refractivity contribution in [1.29, 1.82) is 0 Å². The zero-order chi connectivity index (χ0) is 22.2. The highest BCUT2D eigenvalue weighted by Crippen LogP contribution is 2.42. The van der Waals surface area contributed by atoms with Crippen LogP contribution in [-0.2, 0) is 4.79 Å². The third-order valence-corrected chi connectivity index (χ3v) is 5.61. The predicted octanol–water partition coefficient (Wildman–Crippen LogP) is 5.11. The monoisotopic (exact) mass is 428 g/mol. The van der Waals surface area contributed by atoms with Gasteiger partial charge in [0.15, 0.2) is 0 Å². The average molecular weight is 428 g/mol. The number of hydrogen-bond acceptors (Lipinski definition) is 4. The van der Waals surface area contributed by atoms with Crippen LogP contribution in [0.2, 0.25) is 0 Å². The first-order chi connectivity index (χ1) is 15.6. The van der Waals surface area contributed by atoms with Gasteiger partial charge in [-0.1, -0.05) is 30.3 Å². The quantitative estimate of drug-likeness (QED) is 0.474. The van der Waals surface area contributed by atoms with Crippen molar-refractivity contribution in [3.63, 3.8) is 0 Å². The minimum atomic E-state index is -0.477. The Morgan fingerprint density at radius 1 is 1.06 bits per heavy atom. The smallest absolute Gasteiger partial charge is 0.255 e. The Morgan fingerprint density at radius 2 is 1.78 bits per heavy atom. The lowest BCUT2D eigenvalue weighted by Gasteiger charge is -2.31. The van der Waals surface area contributed by atoms with Gasteiger partial charge in [-0.15, -0.1) is 0 Å². The number of ether oxygens (including phenoxy) is 1. The van der Waals surface area contributed by atoms with E-state index in [1.807, 2.05) is 60.0 Å². The molecule has 2 N–H and O–H groups in total. The molecule has 0 radical (unpaired) electrons. The molecule has 7 heteroatoms. The zero-order valence-corrected chi connectivity index (χ0v) is 17.6. The Labute approximate surface area is 184 Å². The lowest BCUT2D eigenvalue weighted by Crippen LogP contribution is -2.31. The molecule has 1 amide bonds. The Kier molecular flexibility index (Phi) is 4.86. The van der Waals surface area contributed by atoms with Gasteiger partial charge in [0.2, 0.25) is 5.95 Å². The standard InChI is InChI=1S/C25H21FN4O2/c1-15-22(24(31)28-17-13-11-16(26)12-14-17)23(18-7-3-6-10-21(18)32-2)30-20-9-5-4-8-19(20)29-25(30)27-15/h3-14,23H,1-2H3,(H,27,29)(H,28,31)/t23-/m1/s1. The van der Waals surface area contributed by atoms with Gasteiger partial charge in [-0.3, -0.25) is 9.36 Å². The van der Waals surface area contributed by atoms with E-state index in [1.165, 1.54) is 24.3 Å². The normalized spacial score (nSPS) is 15.3. The Bertz CT molecular complexity index is 1360. The Balaban J connectivity index is 1.68. The van der Waals surface area contributed by atoms with Gasteiger partial charge in [-0.25, -0.2) is 9.37 Å². The number of nitrogens with zero attached hydrogens (tertiary/aromatic N) is 2. The van der Waals surface area contributed by atoms with Crippen molar-refractivity contribution >= 4 is 28.6 Å². The molecule has 3 aromatic carbocycles. The summed E-state index contributed by atoms with van der Waals surface area (Å²) >= 11 is 0. The van der Waals surface area contributed by atoms with Crippen molar-refractivity contribution in [2.75, 3.05) is 17.7 Å². The van der Waals surface area contributed by atoms with Crippen molar-refractivity contribution in [2.45, 2.75) is 13.0 Å². The van der Waals surface area contributed by atoms with Crippen LogP contribution < -0.4 is 15.4 Å². The van der Waals surface area contributed by atoms with Crippen LogP contribution in [0.3, 0.4) is 0 Å². The van der Waals surface area contributed by atoms with Crippen LogP contribution in [0.25, 0.3) is 11.0 Å². The molecule has 1 aliphatic heterocycles. The number of fused-ring (bicyclic) bond motifs is 3. The van der Waals surface area contributed by atoms with Gasteiger partial charge in [-0.05, 0) is 49.4 Å². The van der Waals surface area contributed by atoms with E-state index in [9.17, 15) is 9.18 Å². The summed E-state index contributed by atoms with van der Waals surface area (Å²) in [6.07, 6.45) is 0. The first-order valence-electron chi connectivity index (χ1n) is 10.2.